The van der Waals surface area contributed by atoms with Crippen LogP contribution >= 0.6 is 16.5 Å². The zero-order chi connectivity index (χ0) is 18.2. The molecule has 2 unspecified atom stereocenters. The predicted octanol–water partition coefficient (Wildman–Crippen LogP) is 4.14. The molecule has 0 fully saturated rings. The maximum atomic E-state index is 5.65. The van der Waals surface area contributed by atoms with Crippen molar-refractivity contribution in [2.75, 3.05) is 26.5 Å². The minimum atomic E-state index is -0.447. The summed E-state index contributed by atoms with van der Waals surface area (Å²) in [4.78, 5) is 0. The molecule has 0 spiro atoms. The monoisotopic (exact) mass is 382 g/mol. The van der Waals surface area contributed by atoms with Crippen LogP contribution in [0.25, 0.3) is 0 Å². The number of para-hydroxylation sites is 2. The number of rotatable bonds is 8. The smallest absolute Gasteiger partial charge is 0.126 e. The number of hydrogen-bond acceptors (Lipinski definition) is 2. The summed E-state index contributed by atoms with van der Waals surface area (Å²) in [6.45, 7) is 0. The molecular weight excluding hydrogens is 358 g/mol. The molecule has 0 aliphatic carbocycles. The van der Waals surface area contributed by atoms with E-state index in [-0.39, 0.29) is 0 Å². The van der Waals surface area contributed by atoms with E-state index in [1.54, 1.807) is 14.2 Å². The van der Waals surface area contributed by atoms with Gasteiger partial charge in [0.1, 0.15) is 11.5 Å². The van der Waals surface area contributed by atoms with Gasteiger partial charge >= 0.3 is 0 Å². The molecule has 0 aliphatic rings. The Morgan fingerprint density at radius 1 is 0.731 bits per heavy atom. The van der Waals surface area contributed by atoms with E-state index in [0.717, 1.165) is 32.4 Å². The second-order valence-corrected chi connectivity index (χ2v) is 9.48. The molecule has 0 aliphatic heterocycles. The van der Waals surface area contributed by atoms with Gasteiger partial charge in [-0.05, 0) is 37.7 Å². The largest absolute Gasteiger partial charge is 0.496 e. The Bertz CT molecular complexity index is 821. The maximum Gasteiger partial charge on any atom is 0.126 e. The second kappa shape index (κ2) is 9.72. The zero-order valence-electron chi connectivity index (χ0n) is 15.2. The highest BCUT2D eigenvalue weighted by Gasteiger charge is 2.17. The fraction of sp³-hybridized carbons (Fsp3) is 0.182. The van der Waals surface area contributed by atoms with Crippen LogP contribution in [0.5, 0.6) is 11.5 Å². The number of hydrogen-bond donors (Lipinski definition) is 0. The molecule has 3 aromatic rings. The summed E-state index contributed by atoms with van der Waals surface area (Å²) in [5.41, 5.74) is 0. The summed E-state index contributed by atoms with van der Waals surface area (Å²) in [5.74, 6) is 1.98. The molecule has 0 radical (unpaired) electrons. The van der Waals surface area contributed by atoms with Gasteiger partial charge in [-0.15, -0.1) is 0 Å². The van der Waals surface area contributed by atoms with Crippen molar-refractivity contribution < 1.29 is 9.47 Å². The van der Waals surface area contributed by atoms with Gasteiger partial charge in [0.05, 0.1) is 14.2 Å². The van der Waals surface area contributed by atoms with Crippen molar-refractivity contribution in [2.45, 2.75) is 0 Å². The molecular formula is C22H24O2P2. The van der Waals surface area contributed by atoms with E-state index >= 15 is 0 Å². The summed E-state index contributed by atoms with van der Waals surface area (Å²) in [5, 5.41) is 4.02. The van der Waals surface area contributed by atoms with Gasteiger partial charge in [0.2, 0.25) is 0 Å². The quantitative estimate of drug-likeness (QED) is 0.545. The Labute approximate surface area is 159 Å². The molecule has 0 aromatic heterocycles. The van der Waals surface area contributed by atoms with E-state index in [9.17, 15) is 0 Å². The van der Waals surface area contributed by atoms with Crippen molar-refractivity contribution in [1.82, 2.24) is 0 Å². The Kier molecular flexibility index (Phi) is 7.06. The van der Waals surface area contributed by atoms with Crippen LogP contribution in [0.1, 0.15) is 0 Å². The van der Waals surface area contributed by atoms with Crippen LogP contribution in [0.3, 0.4) is 0 Å². The summed E-state index contributed by atoms with van der Waals surface area (Å²) < 4.78 is 11.1. The van der Waals surface area contributed by atoms with E-state index in [4.69, 9.17) is 9.47 Å². The first-order chi connectivity index (χ1) is 12.8. The number of benzene rings is 3. The fourth-order valence-electron chi connectivity index (χ4n) is 2.94. The van der Waals surface area contributed by atoms with Crippen LogP contribution in [0.2, 0.25) is 0 Å². The van der Waals surface area contributed by atoms with E-state index in [0.29, 0.717) is 0 Å². The normalized spacial score (nSPS) is 12.2. The molecule has 4 heteroatoms. The van der Waals surface area contributed by atoms with Crippen LogP contribution in [-0.2, 0) is 0 Å². The van der Waals surface area contributed by atoms with Crippen LogP contribution in [0.4, 0.5) is 0 Å². The highest BCUT2D eigenvalue weighted by molar-refractivity contribution is 7.73. The zero-order valence-corrected chi connectivity index (χ0v) is 17.1. The molecule has 0 N–H and O–H groups in total. The van der Waals surface area contributed by atoms with E-state index in [1.807, 2.05) is 18.2 Å². The summed E-state index contributed by atoms with van der Waals surface area (Å²) >= 11 is 0. The Hall–Kier alpha value is -1.88. The Morgan fingerprint density at radius 3 is 2.08 bits per heavy atom. The highest BCUT2D eigenvalue weighted by atomic mass is 31.1. The van der Waals surface area contributed by atoms with Gasteiger partial charge in [-0.25, -0.2) is 0 Å². The SMILES string of the molecule is COc1ccccc1PCCP(c1ccccc1)c1ccccc1OC. The third-order valence-corrected chi connectivity index (χ3v) is 8.46. The molecule has 3 rings (SSSR count). The Balaban J connectivity index is 1.81. The lowest BCUT2D eigenvalue weighted by Crippen LogP contribution is -2.17. The summed E-state index contributed by atoms with van der Waals surface area (Å²) in [7, 11) is 3.80. The van der Waals surface area contributed by atoms with E-state index in [1.165, 1.54) is 15.9 Å². The molecule has 3 aromatic carbocycles. The summed E-state index contributed by atoms with van der Waals surface area (Å²) in [6.07, 6.45) is 2.27. The lowest BCUT2D eigenvalue weighted by atomic mass is 10.3. The van der Waals surface area contributed by atoms with Gasteiger partial charge in [-0.1, -0.05) is 75.3 Å². The van der Waals surface area contributed by atoms with Crippen LogP contribution in [0, 0.1) is 0 Å². The van der Waals surface area contributed by atoms with Crippen molar-refractivity contribution in [2.24, 2.45) is 0 Å². The molecule has 134 valence electrons. The van der Waals surface area contributed by atoms with Gasteiger partial charge in [0.15, 0.2) is 0 Å². The van der Waals surface area contributed by atoms with Crippen molar-refractivity contribution in [3.8, 4) is 11.5 Å². The topological polar surface area (TPSA) is 18.5 Å². The van der Waals surface area contributed by atoms with Gasteiger partial charge < -0.3 is 9.47 Å². The first kappa shape index (κ1) is 18.9. The van der Waals surface area contributed by atoms with Gasteiger partial charge in [-0.3, -0.25) is 0 Å². The molecule has 0 saturated heterocycles. The minimum Gasteiger partial charge on any atom is -0.496 e. The molecule has 0 saturated carbocycles. The molecule has 0 amide bonds. The van der Waals surface area contributed by atoms with Crippen LogP contribution in [0.15, 0.2) is 78.9 Å². The molecule has 26 heavy (non-hydrogen) atoms. The third-order valence-electron chi connectivity index (χ3n) is 4.20. The lowest BCUT2D eigenvalue weighted by molar-refractivity contribution is 0.418. The number of ether oxygens (including phenoxy) is 2. The van der Waals surface area contributed by atoms with Crippen molar-refractivity contribution in [3.63, 3.8) is 0 Å². The predicted molar refractivity (Wildman–Crippen MR) is 116 cm³/mol. The van der Waals surface area contributed by atoms with Crippen LogP contribution < -0.4 is 25.4 Å². The van der Waals surface area contributed by atoms with Gasteiger partial charge in [0, 0.05) is 10.6 Å². The standard InChI is InChI=1S/C22H24O2P2/c1-23-19-12-6-8-14-21(19)25-16-17-26(18-10-4-3-5-11-18)22-15-9-7-13-20(22)24-2/h3-15,25H,16-17H2,1-2H3. The molecule has 2 nitrogen and oxygen atoms in total. The first-order valence-electron chi connectivity index (χ1n) is 8.66. The Morgan fingerprint density at radius 2 is 1.35 bits per heavy atom. The van der Waals surface area contributed by atoms with Crippen molar-refractivity contribution in [1.29, 1.82) is 0 Å². The van der Waals surface area contributed by atoms with Crippen LogP contribution in [-0.4, -0.2) is 26.5 Å². The number of methoxy groups -OCH3 is 2. The molecule has 2 atom stereocenters. The average molecular weight is 382 g/mol. The minimum absolute atomic E-state index is 0.447. The average Bonchev–Trinajstić information content (AvgIpc) is 2.72. The molecule has 0 heterocycles. The first-order valence-corrected chi connectivity index (χ1v) is 11.4. The fourth-order valence-corrected chi connectivity index (χ4v) is 7.13. The van der Waals surface area contributed by atoms with Crippen molar-refractivity contribution in [3.05, 3.63) is 78.9 Å². The second-order valence-electron chi connectivity index (χ2n) is 5.79. The summed E-state index contributed by atoms with van der Waals surface area (Å²) in [6, 6.07) is 27.6. The maximum absolute atomic E-state index is 5.65. The lowest BCUT2D eigenvalue weighted by Gasteiger charge is -2.21. The highest BCUT2D eigenvalue weighted by Crippen LogP contribution is 2.38. The van der Waals surface area contributed by atoms with Gasteiger partial charge in [-0.2, -0.15) is 0 Å². The van der Waals surface area contributed by atoms with Gasteiger partial charge in [0.25, 0.3) is 0 Å². The third kappa shape index (κ3) is 4.64. The van der Waals surface area contributed by atoms with Crippen molar-refractivity contribution >= 4 is 32.4 Å². The van der Waals surface area contributed by atoms with E-state index in [2.05, 4.69) is 60.7 Å². The molecule has 0 bridgehead atoms. The van der Waals surface area contributed by atoms with E-state index < -0.39 is 7.92 Å².